The van der Waals surface area contributed by atoms with E-state index in [-0.39, 0.29) is 24.0 Å². The fourth-order valence-electron chi connectivity index (χ4n) is 4.08. The van der Waals surface area contributed by atoms with Crippen LogP contribution in [0.15, 0.2) is 17.1 Å². The maximum atomic E-state index is 5.46. The van der Waals surface area contributed by atoms with Crippen molar-refractivity contribution < 1.29 is 9.47 Å². The lowest BCUT2D eigenvalue weighted by Gasteiger charge is -2.30. The zero-order valence-electron chi connectivity index (χ0n) is 17.9. The van der Waals surface area contributed by atoms with Gasteiger partial charge in [-0.1, -0.05) is 13.8 Å². The molecular formula is C21H35IN4O2. The number of aliphatic imine (C=N–C) groups is 1. The van der Waals surface area contributed by atoms with Crippen molar-refractivity contribution in [3.8, 4) is 11.5 Å². The number of ether oxygens (including phenoxy) is 2. The Kier molecular flexibility index (Phi) is 8.24. The van der Waals surface area contributed by atoms with Gasteiger partial charge >= 0.3 is 0 Å². The highest BCUT2D eigenvalue weighted by atomic mass is 127. The zero-order valence-corrected chi connectivity index (χ0v) is 20.2. The maximum Gasteiger partial charge on any atom is 0.193 e. The summed E-state index contributed by atoms with van der Waals surface area (Å²) in [5.41, 5.74) is 3.09. The predicted octanol–water partition coefficient (Wildman–Crippen LogP) is 2.99. The summed E-state index contributed by atoms with van der Waals surface area (Å²) in [6.45, 7) is 10.8. The van der Waals surface area contributed by atoms with Crippen LogP contribution in [0.3, 0.4) is 0 Å². The average molecular weight is 502 g/mol. The van der Waals surface area contributed by atoms with Gasteiger partial charge < -0.3 is 19.7 Å². The summed E-state index contributed by atoms with van der Waals surface area (Å²) in [6, 6.07) is 4.25. The Morgan fingerprint density at radius 3 is 2.39 bits per heavy atom. The van der Waals surface area contributed by atoms with Crippen molar-refractivity contribution in [3.63, 3.8) is 0 Å². The Bertz CT molecular complexity index is 693. The molecule has 0 unspecified atom stereocenters. The Morgan fingerprint density at radius 1 is 1.14 bits per heavy atom. The first-order valence-electron chi connectivity index (χ1n) is 9.87. The van der Waals surface area contributed by atoms with E-state index in [4.69, 9.17) is 9.47 Å². The van der Waals surface area contributed by atoms with Crippen LogP contribution in [0.4, 0.5) is 0 Å². The van der Waals surface area contributed by atoms with E-state index in [9.17, 15) is 0 Å². The summed E-state index contributed by atoms with van der Waals surface area (Å²) in [7, 11) is 5.27. The molecule has 1 N–H and O–H groups in total. The van der Waals surface area contributed by atoms with Crippen molar-refractivity contribution in [2.45, 2.75) is 33.2 Å². The number of halogens is 1. The molecule has 1 aromatic carbocycles. The quantitative estimate of drug-likeness (QED) is 0.381. The monoisotopic (exact) mass is 502 g/mol. The van der Waals surface area contributed by atoms with Gasteiger partial charge in [0.05, 0.1) is 14.2 Å². The van der Waals surface area contributed by atoms with Gasteiger partial charge in [0, 0.05) is 46.3 Å². The molecule has 0 spiro atoms. The van der Waals surface area contributed by atoms with Crippen LogP contribution < -0.4 is 14.8 Å². The molecule has 158 valence electrons. The molecule has 0 aromatic heterocycles. The number of fused-ring (bicyclic) bond motifs is 1. The lowest BCUT2D eigenvalue weighted by atomic mass is 9.93. The van der Waals surface area contributed by atoms with E-state index in [0.717, 1.165) is 63.1 Å². The topological polar surface area (TPSA) is 49.3 Å². The number of guanidine groups is 1. The van der Waals surface area contributed by atoms with Crippen LogP contribution in [0.5, 0.6) is 11.5 Å². The highest BCUT2D eigenvalue weighted by Crippen LogP contribution is 2.33. The van der Waals surface area contributed by atoms with E-state index < -0.39 is 0 Å². The molecule has 2 aliphatic rings. The minimum absolute atomic E-state index is 0. The second-order valence-electron chi connectivity index (χ2n) is 8.31. The summed E-state index contributed by atoms with van der Waals surface area (Å²) in [4.78, 5) is 9.34. The highest BCUT2D eigenvalue weighted by Gasteiger charge is 2.30. The van der Waals surface area contributed by atoms with Crippen LogP contribution >= 0.6 is 24.0 Å². The molecule has 3 rings (SSSR count). The van der Waals surface area contributed by atoms with E-state index >= 15 is 0 Å². The normalized spacial score (nSPS) is 19.0. The smallest absolute Gasteiger partial charge is 0.193 e. The molecule has 7 heteroatoms. The average Bonchev–Trinajstić information content (AvgIpc) is 3.03. The van der Waals surface area contributed by atoms with E-state index in [1.165, 1.54) is 17.5 Å². The van der Waals surface area contributed by atoms with Gasteiger partial charge in [-0.15, -0.1) is 24.0 Å². The largest absolute Gasteiger partial charge is 0.493 e. The van der Waals surface area contributed by atoms with Crippen molar-refractivity contribution >= 4 is 29.9 Å². The Labute approximate surface area is 186 Å². The Morgan fingerprint density at radius 2 is 1.82 bits per heavy atom. The number of hydrogen-bond donors (Lipinski definition) is 1. The summed E-state index contributed by atoms with van der Waals surface area (Å²) in [5, 5.41) is 3.55. The maximum absolute atomic E-state index is 5.46. The summed E-state index contributed by atoms with van der Waals surface area (Å²) in [5.74, 6) is 2.67. The minimum Gasteiger partial charge on any atom is -0.493 e. The summed E-state index contributed by atoms with van der Waals surface area (Å²) in [6.07, 6.45) is 2.27. The Balaban J connectivity index is 0.00000280. The van der Waals surface area contributed by atoms with Gasteiger partial charge in [-0.05, 0) is 41.5 Å². The van der Waals surface area contributed by atoms with Crippen LogP contribution in [0.25, 0.3) is 0 Å². The lowest BCUT2D eigenvalue weighted by molar-refractivity contribution is 0.255. The van der Waals surface area contributed by atoms with Gasteiger partial charge in [-0.3, -0.25) is 9.89 Å². The molecular weight excluding hydrogens is 467 g/mol. The molecule has 0 atom stereocenters. The predicted molar refractivity (Wildman–Crippen MR) is 125 cm³/mol. The minimum atomic E-state index is 0. The fourth-order valence-corrected chi connectivity index (χ4v) is 4.08. The number of likely N-dealkylation sites (tertiary alicyclic amines) is 1. The van der Waals surface area contributed by atoms with Crippen molar-refractivity contribution in [1.82, 2.24) is 15.1 Å². The third kappa shape index (κ3) is 5.43. The first kappa shape index (κ1) is 23.1. The van der Waals surface area contributed by atoms with Gasteiger partial charge in [0.15, 0.2) is 17.5 Å². The molecule has 0 amide bonds. The molecule has 1 saturated heterocycles. The molecule has 1 aromatic rings. The SMILES string of the molecule is CN=C(NCCN1CCc2cc(OC)c(OC)cc2C1)N1CCC(C)(C)C1.I. The lowest BCUT2D eigenvalue weighted by Crippen LogP contribution is -2.44. The summed E-state index contributed by atoms with van der Waals surface area (Å²) < 4.78 is 10.9. The zero-order chi connectivity index (χ0) is 19.4. The molecule has 2 heterocycles. The first-order valence-corrected chi connectivity index (χ1v) is 9.87. The van der Waals surface area contributed by atoms with Crippen LogP contribution in [-0.2, 0) is 13.0 Å². The number of nitrogens with one attached hydrogen (secondary N) is 1. The number of hydrogen-bond acceptors (Lipinski definition) is 4. The van der Waals surface area contributed by atoms with E-state index in [2.05, 4.69) is 46.1 Å². The molecule has 6 nitrogen and oxygen atoms in total. The van der Waals surface area contributed by atoms with Gasteiger partial charge in [0.25, 0.3) is 0 Å². The van der Waals surface area contributed by atoms with Crippen molar-refractivity contribution in [2.24, 2.45) is 10.4 Å². The third-order valence-electron chi connectivity index (χ3n) is 5.70. The molecule has 0 aliphatic carbocycles. The van der Waals surface area contributed by atoms with E-state index in [1.54, 1.807) is 14.2 Å². The van der Waals surface area contributed by atoms with Crippen molar-refractivity contribution in [3.05, 3.63) is 23.3 Å². The second-order valence-corrected chi connectivity index (χ2v) is 8.31. The number of benzene rings is 1. The van der Waals surface area contributed by atoms with Crippen LogP contribution in [0, 0.1) is 5.41 Å². The van der Waals surface area contributed by atoms with Gasteiger partial charge in [-0.25, -0.2) is 0 Å². The number of rotatable bonds is 5. The Hall–Kier alpha value is -1.22. The molecule has 0 bridgehead atoms. The highest BCUT2D eigenvalue weighted by molar-refractivity contribution is 14.0. The van der Waals surface area contributed by atoms with Crippen LogP contribution in [0.1, 0.15) is 31.4 Å². The fraction of sp³-hybridized carbons (Fsp3) is 0.667. The molecule has 0 saturated carbocycles. The van der Waals surface area contributed by atoms with Crippen molar-refractivity contribution in [1.29, 1.82) is 0 Å². The molecule has 1 fully saturated rings. The van der Waals surface area contributed by atoms with E-state index in [1.807, 2.05) is 7.05 Å². The van der Waals surface area contributed by atoms with Gasteiger partial charge in [0.1, 0.15) is 0 Å². The molecule has 0 radical (unpaired) electrons. The number of nitrogens with zero attached hydrogens (tertiary/aromatic N) is 3. The third-order valence-corrected chi connectivity index (χ3v) is 5.70. The van der Waals surface area contributed by atoms with E-state index in [0.29, 0.717) is 5.41 Å². The number of methoxy groups -OCH3 is 2. The standard InChI is InChI=1S/C21H34N4O2.HI/c1-21(2)7-10-25(15-21)20(22-3)23-8-11-24-9-6-16-12-18(26-4)19(27-5)13-17(16)14-24;/h12-13H,6-11,14-15H2,1-5H3,(H,22,23);1H. The van der Waals surface area contributed by atoms with Crippen molar-refractivity contribution in [2.75, 3.05) is 54.0 Å². The summed E-state index contributed by atoms with van der Waals surface area (Å²) >= 11 is 0. The first-order chi connectivity index (χ1) is 13.0. The van der Waals surface area contributed by atoms with Gasteiger partial charge in [0.2, 0.25) is 0 Å². The molecule has 2 aliphatic heterocycles. The van der Waals surface area contributed by atoms with Crippen LogP contribution in [-0.4, -0.2) is 69.8 Å². The van der Waals surface area contributed by atoms with Gasteiger partial charge in [-0.2, -0.15) is 0 Å². The second kappa shape index (κ2) is 10.0. The van der Waals surface area contributed by atoms with Crippen LogP contribution in [0.2, 0.25) is 0 Å². The molecule has 28 heavy (non-hydrogen) atoms.